The molecule has 1 spiro atoms. The average molecular weight is 637 g/mol. The summed E-state index contributed by atoms with van der Waals surface area (Å²) in [6, 6.07) is 5.69. The monoisotopic (exact) mass is 635 g/mol. The Morgan fingerprint density at radius 3 is 2.35 bits per heavy atom. The van der Waals surface area contributed by atoms with Gasteiger partial charge in [0.05, 0.1) is 29.8 Å². The second-order valence-electron chi connectivity index (χ2n) is 10.3. The van der Waals surface area contributed by atoms with E-state index in [9.17, 15) is 19.5 Å². The van der Waals surface area contributed by atoms with Crippen LogP contribution in [-0.2, 0) is 24.7 Å². The second-order valence-corrected chi connectivity index (χ2v) is 12.0. The number of carbonyl (C=O) groups is 3. The molecule has 214 valence electrons. The zero-order chi connectivity index (χ0) is 29.4. The van der Waals surface area contributed by atoms with Gasteiger partial charge in [0.15, 0.2) is 0 Å². The standard InChI is InChI=1S/C26H23Cl4F2N3O5/c1-24(23(38)39)19(21(36)34(3-4-40-2)15-6-12(27)5-13(28)7-15)18-10-25(31,32)11-35(18)26(24)16-8-14(29)9-17(30)20(16)33-22(26)37/h5-9,18-19H,3-4,10-11H2,1-2H3,(H,33,37)(H,38,39)/t18-,19-,24?,26-/m1/s1. The van der Waals surface area contributed by atoms with Crippen LogP contribution < -0.4 is 10.2 Å². The summed E-state index contributed by atoms with van der Waals surface area (Å²) in [4.78, 5) is 44.1. The van der Waals surface area contributed by atoms with E-state index in [2.05, 4.69) is 5.32 Å². The molecule has 14 heteroatoms. The van der Waals surface area contributed by atoms with Crippen molar-refractivity contribution >= 4 is 75.6 Å². The van der Waals surface area contributed by atoms with Gasteiger partial charge < -0.3 is 20.1 Å². The van der Waals surface area contributed by atoms with Crippen LogP contribution in [0.2, 0.25) is 20.1 Å². The van der Waals surface area contributed by atoms with Crippen molar-refractivity contribution in [3.63, 3.8) is 0 Å². The molecule has 2 amide bonds. The number of benzene rings is 2. The number of carboxylic acids is 1. The first-order valence-corrected chi connectivity index (χ1v) is 13.7. The SMILES string of the molecule is COCCN(C(=O)[C@H]1[C@H]2CC(F)(F)CN2[C@]2(C(=O)Nc3c(Cl)cc(Cl)cc32)C1(C)C(=O)O)c1cc(Cl)cc(Cl)c1. The molecule has 2 N–H and O–H groups in total. The number of nitrogens with one attached hydrogen (secondary N) is 1. The minimum Gasteiger partial charge on any atom is -0.481 e. The quantitative estimate of drug-likeness (QED) is 0.431. The Balaban J connectivity index is 1.77. The number of nitrogens with zero attached hydrogens (tertiary/aromatic N) is 2. The highest BCUT2D eigenvalue weighted by Crippen LogP contribution is 2.66. The summed E-state index contributed by atoms with van der Waals surface area (Å²) in [5.41, 5.74) is -4.18. The molecule has 0 aliphatic carbocycles. The molecule has 2 fully saturated rings. The highest BCUT2D eigenvalue weighted by atomic mass is 35.5. The van der Waals surface area contributed by atoms with E-state index >= 15 is 8.78 Å². The van der Waals surface area contributed by atoms with Gasteiger partial charge in [-0.15, -0.1) is 0 Å². The molecule has 5 rings (SSSR count). The molecule has 1 unspecified atom stereocenters. The Bertz CT molecular complexity index is 1430. The number of halogens is 6. The Morgan fingerprint density at radius 2 is 1.75 bits per heavy atom. The molecule has 2 aromatic carbocycles. The third-order valence-corrected chi connectivity index (χ3v) is 9.12. The van der Waals surface area contributed by atoms with Crippen LogP contribution >= 0.6 is 46.4 Å². The molecule has 4 atom stereocenters. The summed E-state index contributed by atoms with van der Waals surface area (Å²) in [6.45, 7) is 0.227. The maximum Gasteiger partial charge on any atom is 0.313 e. The lowest BCUT2D eigenvalue weighted by molar-refractivity contribution is -0.164. The van der Waals surface area contributed by atoms with Gasteiger partial charge in [0.2, 0.25) is 5.91 Å². The first kappa shape index (κ1) is 29.3. The molecule has 3 aliphatic rings. The highest BCUT2D eigenvalue weighted by molar-refractivity contribution is 6.38. The number of alkyl halides is 2. The maximum absolute atomic E-state index is 15.1. The molecular weight excluding hydrogens is 614 g/mol. The van der Waals surface area contributed by atoms with Crippen molar-refractivity contribution in [3.8, 4) is 0 Å². The average Bonchev–Trinajstić information content (AvgIpc) is 3.38. The molecular formula is C26H23Cl4F2N3O5. The van der Waals surface area contributed by atoms with Crippen LogP contribution in [0.1, 0.15) is 18.9 Å². The first-order valence-electron chi connectivity index (χ1n) is 12.1. The van der Waals surface area contributed by atoms with Crippen molar-refractivity contribution in [1.29, 1.82) is 0 Å². The zero-order valence-corrected chi connectivity index (χ0v) is 24.1. The van der Waals surface area contributed by atoms with Gasteiger partial charge in [-0.25, -0.2) is 8.78 Å². The molecule has 0 saturated carbocycles. The van der Waals surface area contributed by atoms with Crippen molar-refractivity contribution in [3.05, 3.63) is 56.0 Å². The molecule has 0 radical (unpaired) electrons. The predicted octanol–water partition coefficient (Wildman–Crippen LogP) is 5.56. The van der Waals surface area contributed by atoms with Gasteiger partial charge in [-0.3, -0.25) is 19.3 Å². The van der Waals surface area contributed by atoms with E-state index in [-0.39, 0.29) is 50.2 Å². The van der Waals surface area contributed by atoms with Crippen molar-refractivity contribution in [2.45, 2.75) is 30.8 Å². The Hall–Kier alpha value is -2.21. The normalized spacial score (nSPS) is 28.4. The lowest BCUT2D eigenvalue weighted by atomic mass is 9.62. The molecule has 2 aromatic rings. The van der Waals surface area contributed by atoms with Gasteiger partial charge in [0, 0.05) is 52.4 Å². The minimum atomic E-state index is -3.32. The van der Waals surface area contributed by atoms with Crippen LogP contribution in [0.4, 0.5) is 20.2 Å². The summed E-state index contributed by atoms with van der Waals surface area (Å²) in [5, 5.41) is 13.9. The molecule has 3 heterocycles. The van der Waals surface area contributed by atoms with Crippen molar-refractivity contribution in [2.24, 2.45) is 11.3 Å². The van der Waals surface area contributed by atoms with E-state index < -0.39 is 59.6 Å². The highest BCUT2D eigenvalue weighted by Gasteiger charge is 2.80. The van der Waals surface area contributed by atoms with Crippen molar-refractivity contribution in [1.82, 2.24) is 4.90 Å². The third kappa shape index (κ3) is 4.10. The number of anilines is 2. The molecule has 40 heavy (non-hydrogen) atoms. The second kappa shape index (κ2) is 9.96. The van der Waals surface area contributed by atoms with Gasteiger partial charge in [-0.2, -0.15) is 0 Å². The van der Waals surface area contributed by atoms with Gasteiger partial charge >= 0.3 is 5.97 Å². The van der Waals surface area contributed by atoms with Crippen molar-refractivity contribution in [2.75, 3.05) is 37.0 Å². The smallest absolute Gasteiger partial charge is 0.313 e. The third-order valence-electron chi connectivity index (χ3n) is 8.17. The van der Waals surface area contributed by atoms with Crippen LogP contribution in [0.25, 0.3) is 0 Å². The van der Waals surface area contributed by atoms with E-state index in [0.717, 1.165) is 4.90 Å². The van der Waals surface area contributed by atoms with E-state index in [0.29, 0.717) is 0 Å². The number of fused-ring (bicyclic) bond motifs is 4. The van der Waals surface area contributed by atoms with Gasteiger partial charge in [-0.1, -0.05) is 46.4 Å². The molecule has 2 saturated heterocycles. The van der Waals surface area contributed by atoms with Crippen LogP contribution in [0.3, 0.4) is 0 Å². The van der Waals surface area contributed by atoms with Crippen LogP contribution in [0.5, 0.6) is 0 Å². The van der Waals surface area contributed by atoms with Crippen LogP contribution in [0.15, 0.2) is 30.3 Å². The maximum atomic E-state index is 15.1. The summed E-state index contributed by atoms with van der Waals surface area (Å²) in [6.07, 6.45) is -0.848. The van der Waals surface area contributed by atoms with Crippen LogP contribution in [0, 0.1) is 11.3 Å². The van der Waals surface area contributed by atoms with Gasteiger partial charge in [0.25, 0.3) is 11.8 Å². The van der Waals surface area contributed by atoms with Gasteiger partial charge in [-0.05, 0) is 37.3 Å². The zero-order valence-electron chi connectivity index (χ0n) is 21.1. The fourth-order valence-corrected chi connectivity index (χ4v) is 7.70. The fourth-order valence-electron chi connectivity index (χ4n) is 6.64. The van der Waals surface area contributed by atoms with E-state index in [1.807, 2.05) is 0 Å². The summed E-state index contributed by atoms with van der Waals surface area (Å²) >= 11 is 25.0. The molecule has 0 aromatic heterocycles. The Morgan fingerprint density at radius 1 is 1.12 bits per heavy atom. The number of hydrogen-bond acceptors (Lipinski definition) is 5. The minimum absolute atomic E-state index is 0.00744. The lowest BCUT2D eigenvalue weighted by Crippen LogP contribution is -2.60. The Kier molecular flexibility index (Phi) is 7.29. The largest absolute Gasteiger partial charge is 0.481 e. The number of carbonyl (C=O) groups excluding carboxylic acids is 2. The number of aliphatic carboxylic acids is 1. The number of amides is 2. The van der Waals surface area contributed by atoms with Crippen LogP contribution in [-0.4, -0.2) is 66.6 Å². The summed E-state index contributed by atoms with van der Waals surface area (Å²) in [7, 11) is 1.41. The first-order chi connectivity index (χ1) is 18.7. The number of rotatable bonds is 6. The predicted molar refractivity (Wildman–Crippen MR) is 147 cm³/mol. The molecule has 3 aliphatic heterocycles. The van der Waals surface area contributed by atoms with E-state index in [4.69, 9.17) is 51.1 Å². The molecule has 0 bridgehead atoms. The lowest BCUT2D eigenvalue weighted by Gasteiger charge is -2.43. The van der Waals surface area contributed by atoms with E-state index in [1.54, 1.807) is 0 Å². The van der Waals surface area contributed by atoms with E-state index in [1.165, 1.54) is 49.3 Å². The number of carboxylic acid groups (broad SMARTS) is 1. The summed E-state index contributed by atoms with van der Waals surface area (Å²) in [5.74, 6) is -8.16. The number of ether oxygens (including phenoxy) is 1. The topological polar surface area (TPSA) is 99.2 Å². The fraction of sp³-hybridized carbons (Fsp3) is 0.423. The Labute approximate surface area is 248 Å². The molecule has 8 nitrogen and oxygen atoms in total. The number of hydrogen-bond donors (Lipinski definition) is 2. The number of methoxy groups -OCH3 is 1. The summed E-state index contributed by atoms with van der Waals surface area (Å²) < 4.78 is 35.4. The van der Waals surface area contributed by atoms with Crippen molar-refractivity contribution < 1.29 is 33.0 Å². The van der Waals surface area contributed by atoms with Gasteiger partial charge in [0.1, 0.15) is 11.0 Å².